The van der Waals surface area contributed by atoms with E-state index < -0.39 is 0 Å². The number of aryl methyl sites for hydroxylation is 1. The summed E-state index contributed by atoms with van der Waals surface area (Å²) in [5, 5.41) is 10.1. The van der Waals surface area contributed by atoms with Gasteiger partial charge in [0.05, 0.1) is 0 Å². The van der Waals surface area contributed by atoms with E-state index in [0.29, 0.717) is 24.4 Å². The molecule has 6 heteroatoms. The number of aromatic nitrogens is 2. The minimum atomic E-state index is -0.161. The van der Waals surface area contributed by atoms with Crippen molar-refractivity contribution < 1.29 is 9.53 Å². The Labute approximate surface area is 119 Å². The zero-order chi connectivity index (χ0) is 14.4. The first-order valence-electron chi connectivity index (χ1n) is 7.29. The summed E-state index contributed by atoms with van der Waals surface area (Å²) in [5.74, 6) is 1.15. The topological polar surface area (TPSA) is 68.2 Å². The number of methoxy groups -OCH3 is 1. The fourth-order valence-electron chi connectivity index (χ4n) is 2.60. The Morgan fingerprint density at radius 1 is 1.55 bits per heavy atom. The first-order valence-corrected chi connectivity index (χ1v) is 7.29. The number of urea groups is 1. The summed E-state index contributed by atoms with van der Waals surface area (Å²) in [5.41, 5.74) is 0. The fourth-order valence-corrected chi connectivity index (χ4v) is 2.60. The summed E-state index contributed by atoms with van der Waals surface area (Å²) in [4.78, 5) is 11.9. The monoisotopic (exact) mass is 280 g/mol. The Balaban J connectivity index is 1.76. The van der Waals surface area contributed by atoms with E-state index in [4.69, 9.17) is 4.74 Å². The van der Waals surface area contributed by atoms with Crippen molar-refractivity contribution in [2.45, 2.75) is 45.2 Å². The van der Waals surface area contributed by atoms with Crippen LogP contribution >= 0.6 is 0 Å². The van der Waals surface area contributed by atoms with Gasteiger partial charge in [-0.1, -0.05) is 13.3 Å². The van der Waals surface area contributed by atoms with Crippen LogP contribution < -0.4 is 10.6 Å². The molecule has 0 saturated heterocycles. The summed E-state index contributed by atoms with van der Waals surface area (Å²) in [6, 6.07) is 1.94. The summed E-state index contributed by atoms with van der Waals surface area (Å²) in [7, 11) is 1.68. The van der Waals surface area contributed by atoms with Crippen LogP contribution in [0, 0.1) is 5.92 Å². The maximum absolute atomic E-state index is 11.9. The minimum Gasteiger partial charge on any atom is -0.385 e. The molecule has 1 aliphatic rings. The number of hydrogen-bond acceptors (Lipinski definition) is 3. The zero-order valence-electron chi connectivity index (χ0n) is 12.3. The van der Waals surface area contributed by atoms with Crippen molar-refractivity contribution in [2.75, 3.05) is 19.0 Å². The third-order valence-corrected chi connectivity index (χ3v) is 3.80. The van der Waals surface area contributed by atoms with Crippen LogP contribution in [-0.4, -0.2) is 35.6 Å². The van der Waals surface area contributed by atoms with E-state index in [1.807, 2.05) is 16.9 Å². The smallest absolute Gasteiger partial charge is 0.320 e. The summed E-state index contributed by atoms with van der Waals surface area (Å²) in [6.07, 6.45) is 6.23. The van der Waals surface area contributed by atoms with Crippen LogP contribution in [0.25, 0.3) is 0 Å². The molecule has 0 unspecified atom stereocenters. The molecule has 1 aliphatic carbocycles. The lowest BCUT2D eigenvalue weighted by molar-refractivity contribution is 0.189. The van der Waals surface area contributed by atoms with Crippen molar-refractivity contribution in [3.8, 4) is 0 Å². The summed E-state index contributed by atoms with van der Waals surface area (Å²) < 4.78 is 6.81. The van der Waals surface area contributed by atoms with Gasteiger partial charge in [0.2, 0.25) is 0 Å². The molecule has 0 bridgehead atoms. The molecule has 0 spiro atoms. The molecule has 112 valence electrons. The number of carbonyl (C=O) groups excluding carboxylic acids is 1. The largest absolute Gasteiger partial charge is 0.385 e. The third-order valence-electron chi connectivity index (χ3n) is 3.80. The molecule has 1 aromatic rings. The van der Waals surface area contributed by atoms with E-state index in [2.05, 4.69) is 22.7 Å². The molecular weight excluding hydrogens is 256 g/mol. The second-order valence-electron chi connectivity index (χ2n) is 5.42. The average molecular weight is 280 g/mol. The molecule has 1 fully saturated rings. The van der Waals surface area contributed by atoms with Crippen molar-refractivity contribution in [1.82, 2.24) is 15.1 Å². The first-order chi connectivity index (χ1) is 9.69. The van der Waals surface area contributed by atoms with Crippen molar-refractivity contribution in [3.05, 3.63) is 12.3 Å². The Hall–Kier alpha value is -1.56. The highest BCUT2D eigenvalue weighted by atomic mass is 16.5. The van der Waals surface area contributed by atoms with Crippen LogP contribution in [0.1, 0.15) is 32.6 Å². The van der Waals surface area contributed by atoms with Gasteiger partial charge in [-0.2, -0.15) is 5.10 Å². The molecule has 2 amide bonds. The number of nitrogens with one attached hydrogen (secondary N) is 2. The van der Waals surface area contributed by atoms with Gasteiger partial charge in [-0.3, -0.25) is 10.00 Å². The Morgan fingerprint density at radius 2 is 2.40 bits per heavy atom. The molecule has 1 saturated carbocycles. The molecule has 1 heterocycles. The normalized spacial score (nSPS) is 21.9. The molecule has 2 N–H and O–H groups in total. The number of nitrogens with zero attached hydrogens (tertiary/aromatic N) is 2. The lowest BCUT2D eigenvalue weighted by Gasteiger charge is -2.17. The van der Waals surface area contributed by atoms with Gasteiger partial charge in [-0.15, -0.1) is 0 Å². The van der Waals surface area contributed by atoms with Gasteiger partial charge in [0.1, 0.15) is 0 Å². The molecule has 0 aliphatic heterocycles. The number of amides is 2. The second kappa shape index (κ2) is 7.28. The first kappa shape index (κ1) is 14.8. The predicted octanol–water partition coefficient (Wildman–Crippen LogP) is 2.23. The Morgan fingerprint density at radius 3 is 3.10 bits per heavy atom. The molecule has 0 radical (unpaired) electrons. The number of anilines is 1. The number of hydrogen-bond donors (Lipinski definition) is 2. The highest BCUT2D eigenvalue weighted by Gasteiger charge is 2.24. The summed E-state index contributed by atoms with van der Waals surface area (Å²) >= 11 is 0. The summed E-state index contributed by atoms with van der Waals surface area (Å²) in [6.45, 7) is 3.68. The average Bonchev–Trinajstić information content (AvgIpc) is 3.00. The predicted molar refractivity (Wildman–Crippen MR) is 77.7 cm³/mol. The molecule has 0 aromatic carbocycles. The van der Waals surface area contributed by atoms with Gasteiger partial charge >= 0.3 is 6.03 Å². The van der Waals surface area contributed by atoms with Gasteiger partial charge in [0.25, 0.3) is 0 Å². The Bertz CT molecular complexity index is 433. The Kier molecular flexibility index (Phi) is 5.40. The van der Waals surface area contributed by atoms with Crippen LogP contribution in [0.4, 0.5) is 10.6 Å². The maximum atomic E-state index is 11.9. The van der Waals surface area contributed by atoms with E-state index in [1.54, 1.807) is 7.11 Å². The highest BCUT2D eigenvalue weighted by molar-refractivity contribution is 5.88. The highest BCUT2D eigenvalue weighted by Crippen LogP contribution is 2.24. The van der Waals surface area contributed by atoms with Crippen LogP contribution in [0.5, 0.6) is 0 Å². The molecule has 20 heavy (non-hydrogen) atoms. The van der Waals surface area contributed by atoms with Crippen LogP contribution in [0.3, 0.4) is 0 Å². The molecule has 1 aromatic heterocycles. The minimum absolute atomic E-state index is 0.161. The number of rotatable bonds is 6. The van der Waals surface area contributed by atoms with Gasteiger partial charge in [0, 0.05) is 38.6 Å². The molecular formula is C14H24N4O2. The third kappa shape index (κ3) is 4.23. The maximum Gasteiger partial charge on any atom is 0.320 e. The zero-order valence-corrected chi connectivity index (χ0v) is 12.3. The second-order valence-corrected chi connectivity index (χ2v) is 5.42. The molecule has 2 rings (SSSR count). The SMILES string of the molecule is COCCCn1ccc(NC(=O)N[C@@H]2CCC[C@@H]2C)n1. The molecule has 2 atom stereocenters. The van der Waals surface area contributed by atoms with Gasteiger partial charge < -0.3 is 10.1 Å². The van der Waals surface area contributed by atoms with E-state index in [1.165, 1.54) is 12.8 Å². The van der Waals surface area contributed by atoms with E-state index >= 15 is 0 Å². The standard InChI is InChI=1S/C14H24N4O2/c1-11-5-3-6-12(11)15-14(19)16-13-7-9-18(17-13)8-4-10-20-2/h7,9,11-12H,3-6,8,10H2,1-2H3,(H2,15,16,17,19)/t11-,12+/m0/s1. The van der Waals surface area contributed by atoms with Crippen molar-refractivity contribution in [2.24, 2.45) is 5.92 Å². The van der Waals surface area contributed by atoms with Gasteiger partial charge in [-0.05, 0) is 25.2 Å². The van der Waals surface area contributed by atoms with Crippen LogP contribution in [-0.2, 0) is 11.3 Å². The van der Waals surface area contributed by atoms with Crippen LogP contribution in [0.15, 0.2) is 12.3 Å². The lowest BCUT2D eigenvalue weighted by atomic mass is 10.1. The number of ether oxygens (including phenoxy) is 1. The van der Waals surface area contributed by atoms with Crippen molar-refractivity contribution in [3.63, 3.8) is 0 Å². The molecule has 6 nitrogen and oxygen atoms in total. The quantitative estimate of drug-likeness (QED) is 0.785. The lowest BCUT2D eigenvalue weighted by Crippen LogP contribution is -2.39. The van der Waals surface area contributed by atoms with Gasteiger partial charge in [-0.25, -0.2) is 4.79 Å². The van der Waals surface area contributed by atoms with Crippen LogP contribution in [0.2, 0.25) is 0 Å². The van der Waals surface area contributed by atoms with E-state index in [9.17, 15) is 4.79 Å². The van der Waals surface area contributed by atoms with Crippen molar-refractivity contribution >= 4 is 11.8 Å². The van der Waals surface area contributed by atoms with E-state index in [-0.39, 0.29) is 6.03 Å². The fraction of sp³-hybridized carbons (Fsp3) is 0.714. The number of carbonyl (C=O) groups is 1. The van der Waals surface area contributed by atoms with E-state index in [0.717, 1.165) is 19.4 Å². The van der Waals surface area contributed by atoms with Crippen molar-refractivity contribution in [1.29, 1.82) is 0 Å². The van der Waals surface area contributed by atoms with Gasteiger partial charge in [0.15, 0.2) is 5.82 Å².